The number of carbonyl (C=O) groups is 1. The quantitative estimate of drug-likeness (QED) is 0.746. The van der Waals surface area contributed by atoms with Gasteiger partial charge in [0.1, 0.15) is 17.7 Å². The molecule has 0 saturated heterocycles. The molecular formula is C22H20N2O3. The van der Waals surface area contributed by atoms with Crippen molar-refractivity contribution in [3.05, 3.63) is 83.9 Å². The van der Waals surface area contributed by atoms with Gasteiger partial charge in [-0.3, -0.25) is 9.69 Å². The molecule has 0 unspecified atom stereocenters. The number of methoxy groups -OCH3 is 2. The van der Waals surface area contributed by atoms with Gasteiger partial charge in [0.05, 0.1) is 25.5 Å². The lowest BCUT2D eigenvalue weighted by atomic mass is 10.0. The van der Waals surface area contributed by atoms with Crippen LogP contribution in [-0.4, -0.2) is 20.1 Å². The van der Waals surface area contributed by atoms with E-state index in [0.29, 0.717) is 17.0 Å². The van der Waals surface area contributed by atoms with Gasteiger partial charge in [0.15, 0.2) is 0 Å². The van der Waals surface area contributed by atoms with Crippen LogP contribution in [0, 0.1) is 0 Å². The van der Waals surface area contributed by atoms with Crippen LogP contribution in [0.1, 0.15) is 22.1 Å². The van der Waals surface area contributed by atoms with Gasteiger partial charge in [-0.2, -0.15) is 0 Å². The number of rotatable bonds is 4. The van der Waals surface area contributed by atoms with Crippen molar-refractivity contribution < 1.29 is 14.3 Å². The zero-order chi connectivity index (χ0) is 18.8. The number of nitrogens with zero attached hydrogens (tertiary/aromatic N) is 1. The van der Waals surface area contributed by atoms with Crippen molar-refractivity contribution in [1.82, 2.24) is 0 Å². The van der Waals surface area contributed by atoms with Gasteiger partial charge in [-0.05, 0) is 42.0 Å². The molecule has 0 fully saturated rings. The van der Waals surface area contributed by atoms with Crippen molar-refractivity contribution in [2.24, 2.45) is 0 Å². The smallest absolute Gasteiger partial charge is 0.262 e. The second-order valence-electron chi connectivity index (χ2n) is 6.21. The van der Waals surface area contributed by atoms with Gasteiger partial charge in [0, 0.05) is 5.69 Å². The van der Waals surface area contributed by atoms with Crippen molar-refractivity contribution >= 4 is 17.3 Å². The van der Waals surface area contributed by atoms with E-state index >= 15 is 0 Å². The Morgan fingerprint density at radius 2 is 1.56 bits per heavy atom. The summed E-state index contributed by atoms with van der Waals surface area (Å²) in [4.78, 5) is 15.1. The number of anilines is 2. The molecule has 1 aliphatic heterocycles. The summed E-state index contributed by atoms with van der Waals surface area (Å²) in [5, 5.41) is 3.49. The first-order chi connectivity index (χ1) is 13.2. The molecule has 1 heterocycles. The maximum atomic E-state index is 13.4. The predicted molar refractivity (Wildman–Crippen MR) is 106 cm³/mol. The van der Waals surface area contributed by atoms with Gasteiger partial charge < -0.3 is 14.8 Å². The molecule has 0 aromatic heterocycles. The maximum Gasteiger partial charge on any atom is 0.262 e. The lowest BCUT2D eigenvalue weighted by Crippen LogP contribution is -2.43. The van der Waals surface area contributed by atoms with Crippen LogP contribution in [-0.2, 0) is 0 Å². The molecule has 0 saturated carbocycles. The monoisotopic (exact) mass is 360 g/mol. The molecule has 5 nitrogen and oxygen atoms in total. The highest BCUT2D eigenvalue weighted by Crippen LogP contribution is 2.40. The molecular weight excluding hydrogens is 340 g/mol. The van der Waals surface area contributed by atoms with E-state index in [2.05, 4.69) is 5.32 Å². The summed E-state index contributed by atoms with van der Waals surface area (Å²) in [6, 6.07) is 22.8. The summed E-state index contributed by atoms with van der Waals surface area (Å²) in [5.74, 6) is 1.34. The molecule has 0 bridgehead atoms. The minimum Gasteiger partial charge on any atom is -0.497 e. The highest BCUT2D eigenvalue weighted by Gasteiger charge is 2.35. The molecule has 1 aliphatic rings. The largest absolute Gasteiger partial charge is 0.497 e. The zero-order valence-electron chi connectivity index (χ0n) is 15.2. The Labute approximate surface area is 158 Å². The first-order valence-corrected chi connectivity index (χ1v) is 8.69. The fourth-order valence-electron chi connectivity index (χ4n) is 3.35. The van der Waals surface area contributed by atoms with E-state index < -0.39 is 0 Å². The fraction of sp³-hybridized carbons (Fsp3) is 0.136. The first kappa shape index (κ1) is 17.0. The second kappa shape index (κ2) is 7.03. The first-order valence-electron chi connectivity index (χ1n) is 8.69. The number of carbonyl (C=O) groups excluding carboxylic acids is 1. The molecule has 3 aromatic rings. The van der Waals surface area contributed by atoms with E-state index in [0.717, 1.165) is 17.0 Å². The molecule has 0 spiro atoms. The van der Waals surface area contributed by atoms with E-state index in [9.17, 15) is 4.79 Å². The minimum absolute atomic E-state index is 0.0744. The average molecular weight is 360 g/mol. The van der Waals surface area contributed by atoms with Gasteiger partial charge >= 0.3 is 0 Å². The highest BCUT2D eigenvalue weighted by molar-refractivity contribution is 6.12. The lowest BCUT2D eigenvalue weighted by Gasteiger charge is -2.38. The Morgan fingerprint density at radius 3 is 2.30 bits per heavy atom. The fourth-order valence-corrected chi connectivity index (χ4v) is 3.35. The molecule has 27 heavy (non-hydrogen) atoms. The van der Waals surface area contributed by atoms with Crippen molar-refractivity contribution in [2.75, 3.05) is 24.4 Å². The molecule has 136 valence electrons. The highest BCUT2D eigenvalue weighted by atomic mass is 16.5. The van der Waals surface area contributed by atoms with Gasteiger partial charge in [0.25, 0.3) is 5.91 Å². The van der Waals surface area contributed by atoms with Gasteiger partial charge in [-0.15, -0.1) is 0 Å². The molecule has 4 rings (SSSR count). The Hall–Kier alpha value is -3.47. The van der Waals surface area contributed by atoms with Crippen molar-refractivity contribution in [1.29, 1.82) is 0 Å². The number of para-hydroxylation sites is 3. The van der Waals surface area contributed by atoms with E-state index in [1.807, 2.05) is 72.8 Å². The van der Waals surface area contributed by atoms with Crippen molar-refractivity contribution in [3.63, 3.8) is 0 Å². The van der Waals surface area contributed by atoms with Crippen LogP contribution in [0.3, 0.4) is 0 Å². The Bertz CT molecular complexity index is 969. The third-order valence-corrected chi connectivity index (χ3v) is 4.70. The number of hydrogen-bond donors (Lipinski definition) is 1. The van der Waals surface area contributed by atoms with Gasteiger partial charge in [0.2, 0.25) is 0 Å². The number of hydrogen-bond acceptors (Lipinski definition) is 4. The summed E-state index contributed by atoms with van der Waals surface area (Å²) in [6.07, 6.45) is -0.366. The van der Waals surface area contributed by atoms with E-state index in [1.54, 1.807) is 19.1 Å². The van der Waals surface area contributed by atoms with Crippen molar-refractivity contribution in [2.45, 2.75) is 6.17 Å². The molecule has 5 heteroatoms. The van der Waals surface area contributed by atoms with Gasteiger partial charge in [-0.1, -0.05) is 36.4 Å². The normalized spacial score (nSPS) is 15.7. The van der Waals surface area contributed by atoms with Crippen LogP contribution in [0.15, 0.2) is 72.8 Å². The van der Waals surface area contributed by atoms with Crippen LogP contribution in [0.5, 0.6) is 11.5 Å². The molecule has 1 N–H and O–H groups in total. The van der Waals surface area contributed by atoms with E-state index in [4.69, 9.17) is 9.47 Å². The minimum atomic E-state index is -0.366. The van der Waals surface area contributed by atoms with E-state index in [-0.39, 0.29) is 12.1 Å². The number of benzene rings is 3. The second-order valence-corrected chi connectivity index (χ2v) is 6.21. The van der Waals surface area contributed by atoms with Crippen LogP contribution in [0.25, 0.3) is 0 Å². The molecule has 0 radical (unpaired) electrons. The molecule has 1 amide bonds. The predicted octanol–water partition coefficient (Wildman–Crippen LogP) is 4.47. The Morgan fingerprint density at radius 1 is 0.852 bits per heavy atom. The van der Waals surface area contributed by atoms with Crippen molar-refractivity contribution in [3.8, 4) is 11.5 Å². The molecule has 1 atom stereocenters. The summed E-state index contributed by atoms with van der Waals surface area (Å²) < 4.78 is 10.8. The summed E-state index contributed by atoms with van der Waals surface area (Å²) in [7, 11) is 3.24. The van der Waals surface area contributed by atoms with E-state index in [1.165, 1.54) is 0 Å². The van der Waals surface area contributed by atoms with Crippen LogP contribution >= 0.6 is 0 Å². The van der Waals surface area contributed by atoms with Crippen LogP contribution < -0.4 is 19.7 Å². The van der Waals surface area contributed by atoms with Gasteiger partial charge in [-0.25, -0.2) is 0 Å². The number of fused-ring (bicyclic) bond motifs is 1. The number of ether oxygens (including phenoxy) is 2. The van der Waals surface area contributed by atoms with Crippen LogP contribution in [0.2, 0.25) is 0 Å². The zero-order valence-corrected chi connectivity index (χ0v) is 15.2. The number of amides is 1. The lowest BCUT2D eigenvalue weighted by molar-refractivity contribution is 0.0974. The third kappa shape index (κ3) is 2.97. The Balaban J connectivity index is 1.86. The Kier molecular flexibility index (Phi) is 4.42. The van der Waals surface area contributed by atoms with Crippen LogP contribution in [0.4, 0.5) is 11.4 Å². The summed E-state index contributed by atoms with van der Waals surface area (Å²) >= 11 is 0. The third-order valence-electron chi connectivity index (χ3n) is 4.70. The summed E-state index contributed by atoms with van der Waals surface area (Å²) in [5.41, 5.74) is 3.11. The topological polar surface area (TPSA) is 50.8 Å². The molecule has 0 aliphatic carbocycles. The average Bonchev–Trinajstić information content (AvgIpc) is 2.74. The SMILES string of the molecule is COc1ccc([C@@H]2Nc3ccccc3C(=O)N2c2ccccc2OC)cc1. The maximum absolute atomic E-state index is 13.4. The standard InChI is InChI=1S/C22H20N2O3/c1-26-16-13-11-15(12-14-16)21-23-18-8-4-3-7-17(18)22(25)24(21)19-9-5-6-10-20(19)27-2/h3-14,21,23H,1-2H3/t21-/m1/s1. The summed E-state index contributed by atoms with van der Waals surface area (Å²) in [6.45, 7) is 0. The molecule has 3 aromatic carbocycles. The number of nitrogens with one attached hydrogen (secondary N) is 1.